The van der Waals surface area contributed by atoms with Crippen LogP contribution in [0, 0.1) is 0 Å². The van der Waals surface area contributed by atoms with E-state index in [2.05, 4.69) is 10.1 Å². The van der Waals surface area contributed by atoms with Gasteiger partial charge in [0.2, 0.25) is 0 Å². The maximum absolute atomic E-state index is 11.2. The van der Waals surface area contributed by atoms with Gasteiger partial charge < -0.3 is 14.8 Å². The lowest BCUT2D eigenvalue weighted by Crippen LogP contribution is -2.43. The second-order valence-corrected chi connectivity index (χ2v) is 3.17. The zero-order chi connectivity index (χ0) is 10.6. The molecule has 2 unspecified atom stereocenters. The third-order valence-electron chi connectivity index (χ3n) is 2.15. The van der Waals surface area contributed by atoms with Crippen LogP contribution in [0.4, 0.5) is 0 Å². The molecule has 5 nitrogen and oxygen atoms in total. The Hall–Kier alpha value is -1.10. The third-order valence-corrected chi connectivity index (χ3v) is 2.15. The smallest absolute Gasteiger partial charge is 0.396 e. The van der Waals surface area contributed by atoms with Crippen LogP contribution in [0.2, 0.25) is 0 Å². The lowest BCUT2D eigenvalue weighted by molar-refractivity contribution is -0.155. The summed E-state index contributed by atoms with van der Waals surface area (Å²) in [6, 6.07) is -0.0769. The van der Waals surface area contributed by atoms with Crippen LogP contribution in [0.25, 0.3) is 0 Å². The lowest BCUT2D eigenvalue weighted by Gasteiger charge is -2.14. The minimum Gasteiger partial charge on any atom is -0.459 e. The Balaban J connectivity index is 2.36. The van der Waals surface area contributed by atoms with Gasteiger partial charge in [0, 0.05) is 6.61 Å². The number of carbonyl (C=O) groups is 2. The SMILES string of the molecule is CCOC(=O)C(=O)NC1CCOC1C. The number of nitrogens with one attached hydrogen (secondary N) is 1. The van der Waals surface area contributed by atoms with E-state index in [0.29, 0.717) is 6.61 Å². The summed E-state index contributed by atoms with van der Waals surface area (Å²) in [6.07, 6.45) is 0.708. The molecular formula is C9H15NO4. The molecule has 1 aliphatic heterocycles. The van der Waals surface area contributed by atoms with E-state index in [4.69, 9.17) is 4.74 Å². The highest BCUT2D eigenvalue weighted by Gasteiger charge is 2.28. The predicted molar refractivity (Wildman–Crippen MR) is 48.6 cm³/mol. The highest BCUT2D eigenvalue weighted by molar-refractivity contribution is 6.32. The Morgan fingerprint density at radius 3 is 2.79 bits per heavy atom. The zero-order valence-electron chi connectivity index (χ0n) is 8.41. The fourth-order valence-electron chi connectivity index (χ4n) is 1.35. The summed E-state index contributed by atoms with van der Waals surface area (Å²) < 4.78 is 9.80. The molecule has 0 aromatic carbocycles. The minimum absolute atomic E-state index is 0.0339. The number of hydrogen-bond acceptors (Lipinski definition) is 4. The van der Waals surface area contributed by atoms with Crippen molar-refractivity contribution < 1.29 is 19.1 Å². The third kappa shape index (κ3) is 2.70. The first-order valence-electron chi connectivity index (χ1n) is 4.74. The predicted octanol–water partition coefficient (Wildman–Crippen LogP) is -0.157. The van der Waals surface area contributed by atoms with Gasteiger partial charge >= 0.3 is 11.9 Å². The molecule has 0 bridgehead atoms. The van der Waals surface area contributed by atoms with Crippen LogP contribution in [-0.4, -0.2) is 37.2 Å². The number of esters is 1. The maximum atomic E-state index is 11.2. The van der Waals surface area contributed by atoms with Gasteiger partial charge in [-0.3, -0.25) is 4.79 Å². The second kappa shape index (κ2) is 4.95. The van der Waals surface area contributed by atoms with E-state index in [0.717, 1.165) is 6.42 Å². The van der Waals surface area contributed by atoms with E-state index in [9.17, 15) is 9.59 Å². The molecule has 2 atom stereocenters. The summed E-state index contributed by atoms with van der Waals surface area (Å²) in [5, 5.41) is 2.57. The van der Waals surface area contributed by atoms with Crippen LogP contribution < -0.4 is 5.32 Å². The molecule has 5 heteroatoms. The minimum atomic E-state index is -0.827. The number of carbonyl (C=O) groups excluding carboxylic acids is 2. The standard InChI is InChI=1S/C9H15NO4/c1-3-13-9(12)8(11)10-7-4-5-14-6(7)2/h6-7H,3-5H2,1-2H3,(H,10,11). The van der Waals surface area contributed by atoms with Crippen molar-refractivity contribution in [3.8, 4) is 0 Å². The molecule has 1 saturated heterocycles. The lowest BCUT2D eigenvalue weighted by atomic mass is 10.1. The topological polar surface area (TPSA) is 64.6 Å². The number of rotatable bonds is 2. The normalized spacial score (nSPS) is 25.9. The molecular weight excluding hydrogens is 186 g/mol. The van der Waals surface area contributed by atoms with Gasteiger partial charge in [-0.15, -0.1) is 0 Å². The molecule has 80 valence electrons. The van der Waals surface area contributed by atoms with Gasteiger partial charge in [-0.05, 0) is 20.3 Å². The van der Waals surface area contributed by atoms with E-state index in [1.807, 2.05) is 6.92 Å². The van der Waals surface area contributed by atoms with Gasteiger partial charge in [0.15, 0.2) is 0 Å². The molecule has 1 rings (SSSR count). The molecule has 14 heavy (non-hydrogen) atoms. The van der Waals surface area contributed by atoms with Crippen LogP contribution in [-0.2, 0) is 19.1 Å². The Bertz CT molecular complexity index is 229. The molecule has 1 amide bonds. The Labute approximate surface area is 82.8 Å². The summed E-state index contributed by atoms with van der Waals surface area (Å²) in [7, 11) is 0. The maximum Gasteiger partial charge on any atom is 0.396 e. The largest absolute Gasteiger partial charge is 0.459 e. The average molecular weight is 201 g/mol. The highest BCUT2D eigenvalue weighted by atomic mass is 16.5. The molecule has 0 aromatic rings. The molecule has 0 aromatic heterocycles. The first-order chi connectivity index (χ1) is 6.65. The van der Waals surface area contributed by atoms with E-state index in [1.54, 1.807) is 6.92 Å². The molecule has 0 aliphatic carbocycles. The Morgan fingerprint density at radius 2 is 2.29 bits per heavy atom. The zero-order valence-corrected chi connectivity index (χ0v) is 8.41. The van der Waals surface area contributed by atoms with Crippen molar-refractivity contribution in [1.29, 1.82) is 0 Å². The van der Waals surface area contributed by atoms with Crippen molar-refractivity contribution in [3.63, 3.8) is 0 Å². The van der Waals surface area contributed by atoms with Crippen molar-refractivity contribution in [3.05, 3.63) is 0 Å². The van der Waals surface area contributed by atoms with Crippen LogP contribution in [0.1, 0.15) is 20.3 Å². The quantitative estimate of drug-likeness (QED) is 0.498. The number of amides is 1. The number of ether oxygens (including phenoxy) is 2. The van der Waals surface area contributed by atoms with E-state index < -0.39 is 11.9 Å². The van der Waals surface area contributed by atoms with Crippen LogP contribution >= 0.6 is 0 Å². The van der Waals surface area contributed by atoms with Gasteiger partial charge in [-0.1, -0.05) is 0 Å². The summed E-state index contributed by atoms with van der Waals surface area (Å²) in [6.45, 7) is 4.35. The molecule has 1 heterocycles. The fourth-order valence-corrected chi connectivity index (χ4v) is 1.35. The van der Waals surface area contributed by atoms with Gasteiger partial charge in [0.1, 0.15) is 0 Å². The molecule has 0 spiro atoms. The van der Waals surface area contributed by atoms with Crippen molar-refractivity contribution in [2.75, 3.05) is 13.2 Å². The first-order valence-corrected chi connectivity index (χ1v) is 4.74. The molecule has 0 saturated carbocycles. The van der Waals surface area contributed by atoms with Gasteiger partial charge in [-0.2, -0.15) is 0 Å². The summed E-state index contributed by atoms with van der Waals surface area (Å²) >= 11 is 0. The summed E-state index contributed by atoms with van der Waals surface area (Å²) in [4.78, 5) is 22.2. The van der Waals surface area contributed by atoms with E-state index in [1.165, 1.54) is 0 Å². The molecule has 0 radical (unpaired) electrons. The van der Waals surface area contributed by atoms with Crippen molar-refractivity contribution in [2.45, 2.75) is 32.4 Å². The van der Waals surface area contributed by atoms with E-state index in [-0.39, 0.29) is 18.8 Å². The molecule has 1 aliphatic rings. The van der Waals surface area contributed by atoms with Crippen molar-refractivity contribution in [2.24, 2.45) is 0 Å². The Morgan fingerprint density at radius 1 is 1.57 bits per heavy atom. The Kier molecular flexibility index (Phi) is 3.88. The summed E-state index contributed by atoms with van der Waals surface area (Å²) in [5.41, 5.74) is 0. The molecule has 1 fully saturated rings. The van der Waals surface area contributed by atoms with Crippen molar-refractivity contribution >= 4 is 11.9 Å². The highest BCUT2D eigenvalue weighted by Crippen LogP contribution is 2.12. The second-order valence-electron chi connectivity index (χ2n) is 3.17. The fraction of sp³-hybridized carbons (Fsp3) is 0.778. The van der Waals surface area contributed by atoms with E-state index >= 15 is 0 Å². The van der Waals surface area contributed by atoms with Gasteiger partial charge in [-0.25, -0.2) is 4.79 Å². The monoisotopic (exact) mass is 201 g/mol. The first kappa shape index (κ1) is 11.0. The average Bonchev–Trinajstić information content (AvgIpc) is 2.52. The number of hydrogen-bond donors (Lipinski definition) is 1. The van der Waals surface area contributed by atoms with Crippen LogP contribution in [0.5, 0.6) is 0 Å². The van der Waals surface area contributed by atoms with Crippen molar-refractivity contribution in [1.82, 2.24) is 5.32 Å². The summed E-state index contributed by atoms with van der Waals surface area (Å²) in [5.74, 6) is -1.51. The van der Waals surface area contributed by atoms with Gasteiger partial charge in [0.05, 0.1) is 18.8 Å². The van der Waals surface area contributed by atoms with Crippen LogP contribution in [0.15, 0.2) is 0 Å². The van der Waals surface area contributed by atoms with Gasteiger partial charge in [0.25, 0.3) is 0 Å². The van der Waals surface area contributed by atoms with Crippen LogP contribution in [0.3, 0.4) is 0 Å². The molecule has 1 N–H and O–H groups in total.